The topological polar surface area (TPSA) is 55.2 Å². The minimum Gasteiger partial charge on any atom is -0.372 e. The van der Waals surface area contributed by atoms with Gasteiger partial charge < -0.3 is 5.32 Å². The van der Waals surface area contributed by atoms with Gasteiger partial charge in [-0.3, -0.25) is 10.1 Å². The van der Waals surface area contributed by atoms with Crippen molar-refractivity contribution < 1.29 is 4.92 Å². The fourth-order valence-electron chi connectivity index (χ4n) is 2.12. The van der Waals surface area contributed by atoms with E-state index < -0.39 is 0 Å². The third kappa shape index (κ3) is 4.46. The number of aryl methyl sites for hydroxylation is 1. The lowest BCUT2D eigenvalue weighted by atomic mass is 10.1. The van der Waals surface area contributed by atoms with E-state index in [1.165, 1.54) is 5.56 Å². The number of halogens is 1. The molecule has 1 N–H and O–H groups in total. The molecule has 0 saturated carbocycles. The molecule has 1 atom stereocenters. The van der Waals surface area contributed by atoms with Crippen molar-refractivity contribution in [1.29, 1.82) is 0 Å². The molecule has 0 aliphatic rings. The largest absolute Gasteiger partial charge is 0.372 e. The van der Waals surface area contributed by atoms with Crippen molar-refractivity contribution in [3.8, 4) is 0 Å². The van der Waals surface area contributed by atoms with Crippen molar-refractivity contribution in [2.24, 2.45) is 0 Å². The van der Waals surface area contributed by atoms with E-state index >= 15 is 0 Å². The van der Waals surface area contributed by atoms with Crippen molar-refractivity contribution in [2.45, 2.75) is 19.4 Å². The Labute approximate surface area is 128 Å². The quantitative estimate of drug-likeness (QED) is 0.638. The Morgan fingerprint density at radius 3 is 2.29 bits per heavy atom. The first-order valence-corrected chi connectivity index (χ1v) is 7.19. The summed E-state index contributed by atoms with van der Waals surface area (Å²) in [6.07, 6.45) is 0.968. The molecule has 0 radical (unpaired) electrons. The zero-order valence-electron chi connectivity index (χ0n) is 11.8. The van der Waals surface area contributed by atoms with Gasteiger partial charge in [0.05, 0.1) is 0 Å². The van der Waals surface area contributed by atoms with Crippen molar-refractivity contribution in [1.82, 2.24) is 0 Å². The maximum absolute atomic E-state index is 10.9. The molecule has 2 rings (SSSR count). The summed E-state index contributed by atoms with van der Waals surface area (Å²) in [6, 6.07) is 14.7. The van der Waals surface area contributed by atoms with E-state index in [1.54, 1.807) is 12.1 Å². The molecule has 5 heteroatoms. The van der Waals surface area contributed by atoms with Gasteiger partial charge in [-0.05, 0) is 41.8 Å². The average molecular weight is 305 g/mol. The van der Waals surface area contributed by atoms with Gasteiger partial charge in [0.15, 0.2) is 0 Å². The van der Waals surface area contributed by atoms with E-state index in [0.717, 1.165) is 17.7 Å². The summed E-state index contributed by atoms with van der Waals surface area (Å²) in [5.41, 5.74) is 2.95. The number of rotatable bonds is 6. The molecule has 0 aliphatic carbocycles. The molecule has 2 aromatic carbocycles. The number of nitro groups is 1. The van der Waals surface area contributed by atoms with E-state index in [9.17, 15) is 10.1 Å². The Bertz CT molecular complexity index is 597. The molecule has 2 aromatic rings. The minimum atomic E-state index is -0.384. The van der Waals surface area contributed by atoms with Crippen LogP contribution in [0.4, 0.5) is 5.69 Å². The number of benzene rings is 2. The minimum absolute atomic E-state index is 0.183. The normalized spacial score (nSPS) is 11.9. The number of hydrogen-bond donors (Lipinski definition) is 1. The number of nitrogens with zero attached hydrogens (tertiary/aromatic N) is 1. The Kier molecular flexibility index (Phi) is 5.17. The third-order valence-electron chi connectivity index (χ3n) is 3.31. The molecule has 0 aromatic heterocycles. The molecule has 0 amide bonds. The maximum Gasteiger partial charge on any atom is 0.227 e. The molecule has 1 unspecified atom stereocenters. The van der Waals surface area contributed by atoms with E-state index in [2.05, 4.69) is 12.2 Å². The van der Waals surface area contributed by atoms with Crippen LogP contribution in [0, 0.1) is 10.1 Å². The van der Waals surface area contributed by atoms with Crippen LogP contribution in [0.25, 0.3) is 0 Å². The van der Waals surface area contributed by atoms with Crippen LogP contribution in [-0.2, 0) is 6.42 Å². The van der Waals surface area contributed by atoms with Gasteiger partial charge in [-0.25, -0.2) is 0 Å². The lowest BCUT2D eigenvalue weighted by Gasteiger charge is -2.17. The highest BCUT2D eigenvalue weighted by Crippen LogP contribution is 2.22. The first kappa shape index (κ1) is 15.3. The fourth-order valence-corrected chi connectivity index (χ4v) is 2.24. The number of hydrogen-bond acceptors (Lipinski definition) is 3. The van der Waals surface area contributed by atoms with E-state index in [1.807, 2.05) is 36.4 Å². The third-order valence-corrected chi connectivity index (χ3v) is 3.56. The molecule has 0 fully saturated rings. The first-order valence-electron chi connectivity index (χ1n) is 6.81. The first-order chi connectivity index (χ1) is 10.1. The fraction of sp³-hybridized carbons (Fsp3) is 0.250. The van der Waals surface area contributed by atoms with Crippen molar-refractivity contribution in [3.05, 3.63) is 74.8 Å². The molecule has 21 heavy (non-hydrogen) atoms. The summed E-state index contributed by atoms with van der Waals surface area (Å²) < 4.78 is 0. The highest BCUT2D eigenvalue weighted by Gasteiger charge is 2.17. The highest BCUT2D eigenvalue weighted by atomic mass is 35.5. The molecule has 0 saturated heterocycles. The lowest BCUT2D eigenvalue weighted by Crippen LogP contribution is -2.20. The Morgan fingerprint density at radius 2 is 1.76 bits per heavy atom. The summed E-state index contributed by atoms with van der Waals surface area (Å²) in [5.74, 6) is 0. The number of anilines is 1. The maximum atomic E-state index is 10.9. The summed E-state index contributed by atoms with van der Waals surface area (Å²) in [5, 5.41) is 14.7. The predicted octanol–water partition coefficient (Wildman–Crippen LogP) is 4.33. The Balaban J connectivity index is 2.19. The second-order valence-corrected chi connectivity index (χ2v) is 5.25. The number of nitrogens with one attached hydrogen (secondary N) is 1. The summed E-state index contributed by atoms with van der Waals surface area (Å²) in [4.78, 5) is 10.6. The summed E-state index contributed by atoms with van der Waals surface area (Å²) in [6.45, 7) is 1.91. The molecule has 0 heterocycles. The highest BCUT2D eigenvalue weighted by molar-refractivity contribution is 6.30. The summed E-state index contributed by atoms with van der Waals surface area (Å²) >= 11 is 5.86. The second kappa shape index (κ2) is 7.09. The van der Waals surface area contributed by atoms with Gasteiger partial charge in [0, 0.05) is 15.6 Å². The standard InChI is InChI=1S/C16H17ClN2O2/c1-2-12-3-9-15(10-4-12)18-16(11-19(20)21)13-5-7-14(17)8-6-13/h3-10,16,18H,2,11H2,1H3. The Hall–Kier alpha value is -2.07. The molecule has 0 bridgehead atoms. The van der Waals surface area contributed by atoms with Crippen LogP contribution >= 0.6 is 11.6 Å². The van der Waals surface area contributed by atoms with Crippen LogP contribution in [0.5, 0.6) is 0 Å². The van der Waals surface area contributed by atoms with Gasteiger partial charge >= 0.3 is 0 Å². The molecular formula is C16H17ClN2O2. The van der Waals surface area contributed by atoms with E-state index in [0.29, 0.717) is 5.02 Å². The zero-order valence-corrected chi connectivity index (χ0v) is 12.5. The van der Waals surface area contributed by atoms with Gasteiger partial charge in [0.2, 0.25) is 6.54 Å². The van der Waals surface area contributed by atoms with Gasteiger partial charge in [0.1, 0.15) is 6.04 Å². The average Bonchev–Trinajstić information content (AvgIpc) is 2.48. The molecule has 0 aliphatic heterocycles. The van der Waals surface area contributed by atoms with E-state index in [-0.39, 0.29) is 17.5 Å². The molecule has 4 nitrogen and oxygen atoms in total. The molecule has 110 valence electrons. The van der Waals surface area contributed by atoms with Crippen LogP contribution in [-0.4, -0.2) is 11.5 Å². The van der Waals surface area contributed by atoms with Gasteiger partial charge in [-0.2, -0.15) is 0 Å². The van der Waals surface area contributed by atoms with Crippen molar-refractivity contribution >= 4 is 17.3 Å². The van der Waals surface area contributed by atoms with Gasteiger partial charge in [-0.15, -0.1) is 0 Å². The SMILES string of the molecule is CCc1ccc(NC(C[N+](=O)[O-])c2ccc(Cl)cc2)cc1. The van der Waals surface area contributed by atoms with Crippen LogP contribution < -0.4 is 5.32 Å². The monoisotopic (exact) mass is 304 g/mol. The smallest absolute Gasteiger partial charge is 0.227 e. The second-order valence-electron chi connectivity index (χ2n) is 4.81. The van der Waals surface area contributed by atoms with Crippen molar-refractivity contribution in [2.75, 3.05) is 11.9 Å². The van der Waals surface area contributed by atoms with E-state index in [4.69, 9.17) is 11.6 Å². The van der Waals surface area contributed by atoms with Crippen LogP contribution in [0.15, 0.2) is 48.5 Å². The van der Waals surface area contributed by atoms with Gasteiger partial charge in [-0.1, -0.05) is 42.8 Å². The molecule has 0 spiro atoms. The Morgan fingerprint density at radius 1 is 1.14 bits per heavy atom. The summed E-state index contributed by atoms with van der Waals surface area (Å²) in [7, 11) is 0. The predicted molar refractivity (Wildman–Crippen MR) is 85.5 cm³/mol. The van der Waals surface area contributed by atoms with Crippen molar-refractivity contribution in [3.63, 3.8) is 0 Å². The molecular weight excluding hydrogens is 288 g/mol. The zero-order chi connectivity index (χ0) is 15.2. The van der Waals surface area contributed by atoms with Crippen LogP contribution in [0.3, 0.4) is 0 Å². The van der Waals surface area contributed by atoms with Crippen LogP contribution in [0.2, 0.25) is 5.02 Å². The van der Waals surface area contributed by atoms with Crippen LogP contribution in [0.1, 0.15) is 24.1 Å². The lowest BCUT2D eigenvalue weighted by molar-refractivity contribution is -0.482. The van der Waals surface area contributed by atoms with Gasteiger partial charge in [0.25, 0.3) is 0 Å².